The first-order valence-electron chi connectivity index (χ1n) is 10.3. The molecular formula is C25H24N4O. The molecular weight excluding hydrogens is 372 g/mol. The number of aromatic hydroxyl groups is 1. The fourth-order valence-electron chi connectivity index (χ4n) is 4.32. The van der Waals surface area contributed by atoms with Crippen LogP contribution in [0.15, 0.2) is 85.2 Å². The number of hydrogen-bond acceptors (Lipinski definition) is 5. The summed E-state index contributed by atoms with van der Waals surface area (Å²) in [5.41, 5.74) is 3.69. The molecule has 3 heterocycles. The van der Waals surface area contributed by atoms with Gasteiger partial charge in [-0.1, -0.05) is 42.5 Å². The molecule has 0 bridgehead atoms. The van der Waals surface area contributed by atoms with Gasteiger partial charge in [-0.25, -0.2) is 0 Å². The number of aromatic nitrogens is 2. The molecule has 5 rings (SSSR count). The predicted octanol–water partition coefficient (Wildman–Crippen LogP) is 4.25. The van der Waals surface area contributed by atoms with Crippen molar-refractivity contribution in [2.45, 2.75) is 6.04 Å². The molecule has 0 amide bonds. The summed E-state index contributed by atoms with van der Waals surface area (Å²) < 4.78 is 0. The van der Waals surface area contributed by atoms with Gasteiger partial charge in [0.1, 0.15) is 11.3 Å². The number of anilines is 1. The smallest absolute Gasteiger partial charge is 0.146 e. The van der Waals surface area contributed by atoms with Crippen LogP contribution in [-0.2, 0) is 0 Å². The van der Waals surface area contributed by atoms with Crippen LogP contribution in [0.4, 0.5) is 5.69 Å². The van der Waals surface area contributed by atoms with E-state index >= 15 is 0 Å². The Morgan fingerprint density at radius 1 is 0.733 bits per heavy atom. The third-order valence-electron chi connectivity index (χ3n) is 5.84. The van der Waals surface area contributed by atoms with Crippen LogP contribution in [0.5, 0.6) is 5.75 Å². The van der Waals surface area contributed by atoms with Gasteiger partial charge in [0.05, 0.1) is 11.7 Å². The number of pyridine rings is 2. The molecule has 1 aliphatic rings. The Bertz CT molecular complexity index is 1130. The van der Waals surface area contributed by atoms with Crippen molar-refractivity contribution in [3.8, 4) is 5.75 Å². The molecule has 1 fully saturated rings. The molecule has 1 N–H and O–H groups in total. The van der Waals surface area contributed by atoms with E-state index in [0.29, 0.717) is 5.52 Å². The maximum Gasteiger partial charge on any atom is 0.146 e. The van der Waals surface area contributed by atoms with E-state index < -0.39 is 0 Å². The van der Waals surface area contributed by atoms with Gasteiger partial charge in [0.25, 0.3) is 0 Å². The summed E-state index contributed by atoms with van der Waals surface area (Å²) in [6.45, 7) is 3.63. The first-order chi connectivity index (χ1) is 14.8. The topological polar surface area (TPSA) is 52.5 Å². The zero-order valence-corrected chi connectivity index (χ0v) is 16.7. The molecule has 0 unspecified atom stereocenters. The van der Waals surface area contributed by atoms with Gasteiger partial charge < -0.3 is 10.0 Å². The van der Waals surface area contributed by atoms with E-state index in [-0.39, 0.29) is 11.8 Å². The lowest BCUT2D eigenvalue weighted by molar-refractivity contribution is 0.206. The fourth-order valence-corrected chi connectivity index (χ4v) is 4.32. The van der Waals surface area contributed by atoms with Gasteiger partial charge in [-0.15, -0.1) is 0 Å². The first kappa shape index (κ1) is 18.6. The largest absolute Gasteiger partial charge is 0.505 e. The molecule has 5 heteroatoms. The van der Waals surface area contributed by atoms with Crippen molar-refractivity contribution in [1.82, 2.24) is 14.9 Å². The molecule has 1 atom stereocenters. The minimum absolute atomic E-state index is 0.115. The number of nitrogens with zero attached hydrogens (tertiary/aromatic N) is 4. The molecule has 0 aliphatic carbocycles. The molecule has 2 aromatic carbocycles. The molecule has 1 aliphatic heterocycles. The van der Waals surface area contributed by atoms with Crippen molar-refractivity contribution in [3.63, 3.8) is 0 Å². The quantitative estimate of drug-likeness (QED) is 0.559. The third kappa shape index (κ3) is 3.48. The summed E-state index contributed by atoms with van der Waals surface area (Å²) in [7, 11) is 0. The Morgan fingerprint density at radius 3 is 2.27 bits per heavy atom. The second-order valence-electron chi connectivity index (χ2n) is 7.59. The monoisotopic (exact) mass is 396 g/mol. The number of rotatable bonds is 4. The summed E-state index contributed by atoms with van der Waals surface area (Å²) in [5, 5.41) is 12.1. The Labute approximate surface area is 176 Å². The highest BCUT2D eigenvalue weighted by Gasteiger charge is 2.30. The average Bonchev–Trinajstić information content (AvgIpc) is 2.83. The van der Waals surface area contributed by atoms with E-state index in [1.165, 1.54) is 5.69 Å². The molecule has 1 saturated heterocycles. The Morgan fingerprint density at radius 2 is 1.50 bits per heavy atom. The van der Waals surface area contributed by atoms with Crippen molar-refractivity contribution in [2.75, 3.05) is 31.1 Å². The predicted molar refractivity (Wildman–Crippen MR) is 120 cm³/mol. The molecule has 2 aromatic heterocycles. The molecule has 150 valence electrons. The van der Waals surface area contributed by atoms with Crippen LogP contribution in [0.25, 0.3) is 10.9 Å². The number of fused-ring (bicyclic) bond motifs is 1. The summed E-state index contributed by atoms with van der Waals surface area (Å²) >= 11 is 0. The average molecular weight is 396 g/mol. The van der Waals surface area contributed by atoms with Crippen molar-refractivity contribution < 1.29 is 5.11 Å². The van der Waals surface area contributed by atoms with Crippen LogP contribution in [0.2, 0.25) is 0 Å². The molecule has 0 radical (unpaired) electrons. The van der Waals surface area contributed by atoms with Gasteiger partial charge in [0.15, 0.2) is 0 Å². The number of phenolic OH excluding ortho intramolecular Hbond substituents is 1. The minimum Gasteiger partial charge on any atom is -0.505 e. The van der Waals surface area contributed by atoms with Crippen LogP contribution < -0.4 is 4.90 Å². The summed E-state index contributed by atoms with van der Waals surface area (Å²) in [6.07, 6.45) is 3.54. The van der Waals surface area contributed by atoms with E-state index in [1.807, 2.05) is 54.7 Å². The van der Waals surface area contributed by atoms with Crippen LogP contribution in [0.3, 0.4) is 0 Å². The van der Waals surface area contributed by atoms with Crippen LogP contribution >= 0.6 is 0 Å². The van der Waals surface area contributed by atoms with E-state index in [9.17, 15) is 5.11 Å². The number of benzene rings is 2. The molecule has 4 aromatic rings. The summed E-state index contributed by atoms with van der Waals surface area (Å²) in [6, 6.07) is 24.3. The van der Waals surface area contributed by atoms with E-state index in [0.717, 1.165) is 42.8 Å². The number of hydrogen-bond donors (Lipinski definition) is 1. The molecule has 5 nitrogen and oxygen atoms in total. The van der Waals surface area contributed by atoms with Gasteiger partial charge >= 0.3 is 0 Å². The molecule has 0 saturated carbocycles. The van der Waals surface area contributed by atoms with Crippen LogP contribution in [0.1, 0.15) is 17.3 Å². The lowest BCUT2D eigenvalue weighted by atomic mass is 9.97. The summed E-state index contributed by atoms with van der Waals surface area (Å²) in [4.78, 5) is 13.9. The lowest BCUT2D eigenvalue weighted by Crippen LogP contribution is -2.48. The maximum atomic E-state index is 11.1. The highest BCUT2D eigenvalue weighted by atomic mass is 16.3. The van der Waals surface area contributed by atoms with Crippen molar-refractivity contribution in [3.05, 3.63) is 96.4 Å². The van der Waals surface area contributed by atoms with Crippen LogP contribution in [-0.4, -0.2) is 46.2 Å². The summed E-state index contributed by atoms with van der Waals surface area (Å²) in [5.74, 6) is 0.245. The van der Waals surface area contributed by atoms with Crippen LogP contribution in [0, 0.1) is 0 Å². The van der Waals surface area contributed by atoms with E-state index in [4.69, 9.17) is 0 Å². The van der Waals surface area contributed by atoms with E-state index in [1.54, 1.807) is 6.20 Å². The van der Waals surface area contributed by atoms with Gasteiger partial charge in [-0.05, 0) is 30.3 Å². The number of piperazine rings is 1. The maximum absolute atomic E-state index is 11.1. The zero-order chi connectivity index (χ0) is 20.3. The third-order valence-corrected chi connectivity index (χ3v) is 5.84. The number of phenols is 1. The minimum atomic E-state index is -0.115. The van der Waals surface area contributed by atoms with E-state index in [2.05, 4.69) is 44.0 Å². The van der Waals surface area contributed by atoms with Gasteiger partial charge in [-0.3, -0.25) is 14.9 Å². The van der Waals surface area contributed by atoms with Crippen molar-refractivity contribution in [2.24, 2.45) is 0 Å². The number of para-hydroxylation sites is 1. The molecule has 0 spiro atoms. The normalized spacial score (nSPS) is 15.9. The SMILES string of the molecule is Oc1c([C@H](c2ccccn2)N2CCN(c3ccccc3)CC2)ccc2cccnc12. The standard InChI is InChI=1S/C25H24N4O/c30-25-21(12-11-19-7-6-14-27-23(19)25)24(22-10-4-5-13-26-22)29-17-15-28(16-18-29)20-8-2-1-3-9-20/h1-14,24,30H,15-18H2/t24-/m1/s1. The van der Waals surface area contributed by atoms with Gasteiger partial charge in [0, 0.05) is 55.2 Å². The van der Waals surface area contributed by atoms with Crippen molar-refractivity contribution >= 4 is 16.6 Å². The van der Waals surface area contributed by atoms with Gasteiger partial charge in [-0.2, -0.15) is 0 Å². The fraction of sp³-hybridized carbons (Fsp3) is 0.200. The zero-order valence-electron chi connectivity index (χ0n) is 16.7. The van der Waals surface area contributed by atoms with Gasteiger partial charge in [0.2, 0.25) is 0 Å². The Hall–Kier alpha value is -3.44. The second kappa shape index (κ2) is 8.13. The second-order valence-corrected chi connectivity index (χ2v) is 7.59. The first-order valence-corrected chi connectivity index (χ1v) is 10.3. The Kier molecular flexibility index (Phi) is 5.03. The van der Waals surface area contributed by atoms with Crippen molar-refractivity contribution in [1.29, 1.82) is 0 Å². The Balaban J connectivity index is 1.49. The highest BCUT2D eigenvalue weighted by molar-refractivity contribution is 5.85. The lowest BCUT2D eigenvalue weighted by Gasteiger charge is -2.40. The molecule has 30 heavy (non-hydrogen) atoms. The highest BCUT2D eigenvalue weighted by Crippen LogP contribution is 2.37.